The first-order valence-electron chi connectivity index (χ1n) is 15.4. The number of methoxy groups -OCH3 is 2. The number of carbonyl (C=O) groups excluding carboxylic acids is 1. The minimum absolute atomic E-state index is 0.186. The fraction of sp³-hybridized carbons (Fsp3) is 0.371. The van der Waals surface area contributed by atoms with Crippen LogP contribution in [0.15, 0.2) is 77.7 Å². The highest BCUT2D eigenvalue weighted by molar-refractivity contribution is 7.89. The zero-order valence-electron chi connectivity index (χ0n) is 27.3. The van der Waals surface area contributed by atoms with Crippen LogP contribution in [0.3, 0.4) is 0 Å². The molecule has 1 saturated heterocycles. The Hall–Kier alpha value is -4.35. The Kier molecular flexibility index (Phi) is 9.74. The van der Waals surface area contributed by atoms with Gasteiger partial charge in [-0.05, 0) is 74.1 Å². The number of rotatable bonds is 9. The van der Waals surface area contributed by atoms with Crippen molar-refractivity contribution in [3.8, 4) is 17.2 Å². The maximum atomic E-state index is 13.3. The van der Waals surface area contributed by atoms with Gasteiger partial charge in [-0.25, -0.2) is 17.9 Å². The third-order valence-corrected chi connectivity index (χ3v) is 10.2. The summed E-state index contributed by atoms with van der Waals surface area (Å²) in [6.45, 7) is 9.21. The van der Waals surface area contributed by atoms with Gasteiger partial charge >= 0.3 is 6.03 Å². The van der Waals surface area contributed by atoms with E-state index in [1.807, 2.05) is 61.5 Å². The van der Waals surface area contributed by atoms with Gasteiger partial charge in [0.1, 0.15) is 5.82 Å². The maximum absolute atomic E-state index is 13.3. The van der Waals surface area contributed by atoms with Crippen molar-refractivity contribution in [3.05, 3.63) is 89.6 Å². The van der Waals surface area contributed by atoms with Gasteiger partial charge in [-0.1, -0.05) is 50.6 Å². The minimum atomic E-state index is -3.64. The first-order valence-corrected chi connectivity index (χ1v) is 16.9. The fourth-order valence-electron chi connectivity index (χ4n) is 5.54. The van der Waals surface area contributed by atoms with Crippen LogP contribution in [-0.4, -0.2) is 55.8 Å². The van der Waals surface area contributed by atoms with Crippen LogP contribution in [0, 0.1) is 12.8 Å². The molecule has 1 aromatic heterocycles. The van der Waals surface area contributed by atoms with Gasteiger partial charge in [0.05, 0.1) is 30.5 Å². The number of amides is 2. The predicted molar refractivity (Wildman–Crippen MR) is 181 cm³/mol. The summed E-state index contributed by atoms with van der Waals surface area (Å²) in [6, 6.07) is 22.0. The lowest BCUT2D eigenvalue weighted by Crippen LogP contribution is -2.38. The summed E-state index contributed by atoms with van der Waals surface area (Å²) in [5.74, 6) is 1.82. The summed E-state index contributed by atoms with van der Waals surface area (Å²) in [6.07, 6.45) is 2.36. The number of piperidine rings is 1. The highest BCUT2D eigenvalue weighted by atomic mass is 32.2. The van der Waals surface area contributed by atoms with E-state index in [4.69, 9.17) is 14.6 Å². The second kappa shape index (κ2) is 13.6. The fourth-order valence-corrected chi connectivity index (χ4v) is 7.02. The van der Waals surface area contributed by atoms with Crippen LogP contribution in [0.1, 0.15) is 50.4 Å². The van der Waals surface area contributed by atoms with Gasteiger partial charge in [-0.2, -0.15) is 9.40 Å². The van der Waals surface area contributed by atoms with Crippen molar-refractivity contribution in [1.29, 1.82) is 0 Å². The molecule has 3 aromatic carbocycles. The molecule has 0 aliphatic carbocycles. The molecule has 0 saturated carbocycles. The van der Waals surface area contributed by atoms with E-state index >= 15 is 0 Å². The van der Waals surface area contributed by atoms with Crippen LogP contribution in [0.5, 0.6) is 11.5 Å². The lowest BCUT2D eigenvalue weighted by molar-refractivity contribution is 0.262. The summed E-state index contributed by atoms with van der Waals surface area (Å²) < 4.78 is 40.4. The SMILES string of the molecule is COc1ccc(S(=O)(=O)N2CCC(Cc3ccc(NC(=O)Nc4cc(C(C)(C)C)nn4-c4ccc(C)cc4)cc3)CC2)cc1OC. The molecule has 2 N–H and O–H groups in total. The molecule has 5 rings (SSSR count). The summed E-state index contributed by atoms with van der Waals surface area (Å²) in [7, 11) is -0.628. The molecule has 11 heteroatoms. The van der Waals surface area contributed by atoms with Gasteiger partial charge in [0.25, 0.3) is 0 Å². The molecule has 244 valence electrons. The molecule has 0 radical (unpaired) electrons. The molecule has 2 amide bonds. The number of urea groups is 1. The van der Waals surface area contributed by atoms with E-state index in [0.717, 1.165) is 41.8 Å². The van der Waals surface area contributed by atoms with Crippen molar-refractivity contribution in [2.45, 2.75) is 57.3 Å². The molecule has 0 spiro atoms. The number of aromatic nitrogens is 2. The molecule has 46 heavy (non-hydrogen) atoms. The van der Waals surface area contributed by atoms with Gasteiger partial charge in [0.15, 0.2) is 11.5 Å². The molecule has 0 bridgehead atoms. The third-order valence-electron chi connectivity index (χ3n) is 8.30. The molecule has 0 unspecified atom stereocenters. The van der Waals surface area contributed by atoms with Crippen LogP contribution < -0.4 is 20.1 Å². The highest BCUT2D eigenvalue weighted by Gasteiger charge is 2.30. The first kappa shape index (κ1) is 33.0. The Balaban J connectivity index is 1.17. The second-order valence-corrected chi connectivity index (χ2v) is 14.7. The summed E-state index contributed by atoms with van der Waals surface area (Å²) in [5, 5.41) is 10.7. The Morgan fingerprint density at radius 3 is 2.15 bits per heavy atom. The molecular weight excluding hydrogens is 602 g/mol. The number of carbonyl (C=O) groups is 1. The Labute approximate surface area is 271 Å². The number of ether oxygens (including phenoxy) is 2. The zero-order chi connectivity index (χ0) is 33.1. The number of aryl methyl sites for hydroxylation is 1. The van der Waals surface area contributed by atoms with E-state index in [9.17, 15) is 13.2 Å². The van der Waals surface area contributed by atoms with E-state index < -0.39 is 10.0 Å². The summed E-state index contributed by atoms with van der Waals surface area (Å²) >= 11 is 0. The van der Waals surface area contributed by atoms with Crippen molar-refractivity contribution in [1.82, 2.24) is 14.1 Å². The largest absolute Gasteiger partial charge is 0.493 e. The van der Waals surface area contributed by atoms with Gasteiger partial charge < -0.3 is 14.8 Å². The van der Waals surface area contributed by atoms with E-state index in [-0.39, 0.29) is 16.3 Å². The second-order valence-electron chi connectivity index (χ2n) is 12.8. The van der Waals surface area contributed by atoms with Gasteiger partial charge in [0, 0.05) is 36.3 Å². The number of sulfonamides is 1. The number of nitrogens with zero attached hydrogens (tertiary/aromatic N) is 3. The smallest absolute Gasteiger partial charge is 0.324 e. The molecule has 1 aliphatic rings. The molecule has 2 heterocycles. The maximum Gasteiger partial charge on any atom is 0.324 e. The van der Waals surface area contributed by atoms with Crippen molar-refractivity contribution in [2.75, 3.05) is 37.9 Å². The lowest BCUT2D eigenvalue weighted by Gasteiger charge is -2.31. The predicted octanol–water partition coefficient (Wildman–Crippen LogP) is 6.78. The molecule has 0 atom stereocenters. The first-order chi connectivity index (χ1) is 21.9. The van der Waals surface area contributed by atoms with Crippen molar-refractivity contribution in [3.63, 3.8) is 0 Å². The van der Waals surface area contributed by atoms with Crippen LogP contribution in [0.4, 0.5) is 16.3 Å². The van der Waals surface area contributed by atoms with Crippen LogP contribution in [0.2, 0.25) is 0 Å². The van der Waals surface area contributed by atoms with E-state index in [1.165, 1.54) is 20.3 Å². The van der Waals surface area contributed by atoms with Crippen molar-refractivity contribution >= 4 is 27.6 Å². The summed E-state index contributed by atoms with van der Waals surface area (Å²) in [5.41, 5.74) is 4.51. The monoisotopic (exact) mass is 645 g/mol. The van der Waals surface area contributed by atoms with Gasteiger partial charge in [-0.3, -0.25) is 5.32 Å². The average Bonchev–Trinajstić information content (AvgIpc) is 3.46. The number of anilines is 2. The molecule has 10 nitrogen and oxygen atoms in total. The number of benzene rings is 3. The van der Waals surface area contributed by atoms with Gasteiger partial charge in [-0.15, -0.1) is 0 Å². The Morgan fingerprint density at radius 1 is 0.891 bits per heavy atom. The van der Waals surface area contributed by atoms with Crippen molar-refractivity contribution < 1.29 is 22.7 Å². The van der Waals surface area contributed by atoms with E-state index in [1.54, 1.807) is 21.1 Å². The molecule has 1 fully saturated rings. The topological polar surface area (TPSA) is 115 Å². The Morgan fingerprint density at radius 2 is 1.54 bits per heavy atom. The van der Waals surface area contributed by atoms with Crippen LogP contribution >= 0.6 is 0 Å². The highest BCUT2D eigenvalue weighted by Crippen LogP contribution is 2.33. The average molecular weight is 646 g/mol. The third kappa shape index (κ3) is 7.54. The molecule has 1 aliphatic heterocycles. The molecule has 4 aromatic rings. The van der Waals surface area contributed by atoms with Crippen molar-refractivity contribution in [2.24, 2.45) is 5.92 Å². The van der Waals surface area contributed by atoms with Crippen LogP contribution in [0.25, 0.3) is 5.69 Å². The summed E-state index contributed by atoms with van der Waals surface area (Å²) in [4.78, 5) is 13.2. The minimum Gasteiger partial charge on any atom is -0.493 e. The van der Waals surface area contributed by atoms with Gasteiger partial charge in [0.2, 0.25) is 10.0 Å². The molecular formula is C35H43N5O5S. The normalized spacial score (nSPS) is 14.6. The lowest BCUT2D eigenvalue weighted by atomic mass is 9.91. The number of hydrogen-bond acceptors (Lipinski definition) is 6. The van der Waals surface area contributed by atoms with E-state index in [0.29, 0.717) is 42.0 Å². The van der Waals surface area contributed by atoms with Crippen LogP contribution in [-0.2, 0) is 21.9 Å². The number of nitrogens with one attached hydrogen (secondary N) is 2. The van der Waals surface area contributed by atoms with E-state index in [2.05, 4.69) is 31.4 Å². The quantitative estimate of drug-likeness (QED) is 0.207. The number of hydrogen-bond donors (Lipinski definition) is 2. The Bertz CT molecular complexity index is 1770. The standard InChI is InChI=1S/C35H43N5O5S/c1-24-7-13-28(14-8-24)40-33(23-32(38-40)35(2,3)4)37-34(41)36-27-11-9-25(10-12-27)21-26-17-19-39(20-18-26)46(42,43)29-15-16-30(44-5)31(22-29)45-6/h7-16,22-23,26H,17-21H2,1-6H3,(H2,36,37,41). The zero-order valence-corrected chi connectivity index (χ0v) is 28.1.